The van der Waals surface area contributed by atoms with Gasteiger partial charge in [0.15, 0.2) is 5.71 Å². The molecule has 1 aromatic carbocycles. The van der Waals surface area contributed by atoms with Gasteiger partial charge in [0.2, 0.25) is 0 Å². The number of rotatable bonds is 8. The van der Waals surface area contributed by atoms with Gasteiger partial charge in [0.1, 0.15) is 33.6 Å². The van der Waals surface area contributed by atoms with Crippen LogP contribution in [-0.4, -0.2) is 71.5 Å². The Bertz CT molecular complexity index is 1860. The highest BCUT2D eigenvalue weighted by atomic mass is 32.1. The van der Waals surface area contributed by atoms with Crippen LogP contribution < -0.4 is 15.2 Å². The van der Waals surface area contributed by atoms with Gasteiger partial charge in [-0.3, -0.25) is 4.99 Å². The molecule has 7 rings (SSSR count). The molecule has 2 aromatic heterocycles. The second-order valence-corrected chi connectivity index (χ2v) is 18.4. The summed E-state index contributed by atoms with van der Waals surface area (Å²) in [5, 5.41) is 29.6. The first-order valence-corrected chi connectivity index (χ1v) is 20.2. The number of anilines is 1. The van der Waals surface area contributed by atoms with E-state index in [1.807, 2.05) is 6.92 Å². The molecule has 0 radical (unpaired) electrons. The van der Waals surface area contributed by atoms with E-state index in [0.29, 0.717) is 24.4 Å². The van der Waals surface area contributed by atoms with Gasteiger partial charge in [-0.25, -0.2) is 9.14 Å². The summed E-state index contributed by atoms with van der Waals surface area (Å²) in [5.74, 6) is -0.421. The minimum Gasteiger partial charge on any atom is -0.858 e. The van der Waals surface area contributed by atoms with E-state index in [-0.39, 0.29) is 11.8 Å². The highest BCUT2D eigenvalue weighted by Gasteiger charge is 2.41. The maximum Gasteiger partial charge on any atom is 0.434 e. The quantitative estimate of drug-likeness (QED) is 0.0651. The van der Waals surface area contributed by atoms with Crippen molar-refractivity contribution in [3.63, 3.8) is 0 Å². The van der Waals surface area contributed by atoms with Crippen LogP contribution in [0.25, 0.3) is 5.57 Å². The number of aromatic nitrogens is 2. The Labute approximate surface area is 274 Å². The van der Waals surface area contributed by atoms with Crippen molar-refractivity contribution in [1.29, 1.82) is 0 Å². The molecule has 46 heavy (non-hydrogen) atoms. The number of allylic oxidation sites excluding steroid dienone is 5. The highest BCUT2D eigenvalue weighted by Crippen LogP contribution is 2.44. The lowest BCUT2D eigenvalue weighted by Gasteiger charge is -2.38. The SMILES string of the molecule is Cc1c(C2=C3C=CC(=[N+]4CCCC4)C=C3[Si](C)(C)c3cc(N4CCCC4)ccc32)csc1C([O-])=NCCCn1ccnc1[N+](=O)[O-]. The van der Waals surface area contributed by atoms with E-state index < -0.39 is 13.0 Å². The number of aliphatic imine (C=N–C) groups is 1. The van der Waals surface area contributed by atoms with Crippen molar-refractivity contribution < 1.29 is 14.6 Å². The molecular weight excluding hydrogens is 613 g/mol. The Morgan fingerprint density at radius 3 is 2.67 bits per heavy atom. The van der Waals surface area contributed by atoms with Gasteiger partial charge in [0.05, 0.1) is 6.54 Å². The summed E-state index contributed by atoms with van der Waals surface area (Å²) in [5.41, 5.74) is 8.52. The molecule has 5 heterocycles. The van der Waals surface area contributed by atoms with Crippen LogP contribution in [0.3, 0.4) is 0 Å². The normalized spacial score (nSPS) is 19.2. The predicted molar refractivity (Wildman–Crippen MR) is 186 cm³/mol. The third kappa shape index (κ3) is 5.39. The summed E-state index contributed by atoms with van der Waals surface area (Å²) in [7, 11) is -2.06. The molecule has 11 heteroatoms. The molecule has 3 aromatic rings. The molecule has 9 nitrogen and oxygen atoms in total. The Balaban J connectivity index is 1.26. The monoisotopic (exact) mass is 652 g/mol. The maximum absolute atomic E-state index is 13.4. The first kappa shape index (κ1) is 30.6. The fraction of sp³-hybridized carbons (Fsp3) is 0.400. The third-order valence-electron chi connectivity index (χ3n) is 10.0. The zero-order chi connectivity index (χ0) is 32.0. The molecule has 0 spiro atoms. The molecule has 2 fully saturated rings. The number of thiophene rings is 1. The minimum absolute atomic E-state index is 0.193. The van der Waals surface area contributed by atoms with Crippen molar-refractivity contribution in [2.45, 2.75) is 58.7 Å². The molecule has 1 aliphatic carbocycles. The van der Waals surface area contributed by atoms with Crippen LogP contribution in [0.2, 0.25) is 13.1 Å². The first-order chi connectivity index (χ1) is 22.2. The van der Waals surface area contributed by atoms with E-state index in [4.69, 9.17) is 0 Å². The minimum atomic E-state index is -2.06. The number of hydrogen-bond acceptors (Lipinski definition) is 7. The van der Waals surface area contributed by atoms with Gasteiger partial charge >= 0.3 is 5.95 Å². The van der Waals surface area contributed by atoms with Crippen molar-refractivity contribution in [1.82, 2.24) is 9.55 Å². The Morgan fingerprint density at radius 1 is 1.13 bits per heavy atom. The second-order valence-electron chi connectivity index (χ2n) is 13.2. The fourth-order valence-corrected chi connectivity index (χ4v) is 11.5. The molecular formula is C35H40N6O3SSi. The predicted octanol–water partition coefficient (Wildman–Crippen LogP) is 4.97. The van der Waals surface area contributed by atoms with Crippen LogP contribution in [0, 0.1) is 17.0 Å². The zero-order valence-corrected chi connectivity index (χ0v) is 28.6. The average Bonchev–Trinajstić information content (AvgIpc) is 3.88. The third-order valence-corrected chi connectivity index (χ3v) is 14.6. The Hall–Kier alpha value is -4.09. The van der Waals surface area contributed by atoms with E-state index in [2.05, 4.69) is 74.4 Å². The van der Waals surface area contributed by atoms with E-state index in [1.165, 1.54) is 86.3 Å². The largest absolute Gasteiger partial charge is 0.858 e. The molecule has 0 atom stereocenters. The molecule has 0 unspecified atom stereocenters. The lowest BCUT2D eigenvalue weighted by Crippen LogP contribution is -2.50. The lowest BCUT2D eigenvalue weighted by molar-refractivity contribution is -0.504. The van der Waals surface area contributed by atoms with Crippen molar-refractivity contribution in [2.24, 2.45) is 4.99 Å². The number of benzene rings is 1. The molecule has 0 amide bonds. The Kier molecular flexibility index (Phi) is 8.14. The summed E-state index contributed by atoms with van der Waals surface area (Å²) < 4.78 is 4.01. The number of aryl methyl sites for hydroxylation is 1. The van der Waals surface area contributed by atoms with Crippen LogP contribution in [0.1, 0.15) is 53.7 Å². The molecule has 0 bridgehead atoms. The van der Waals surface area contributed by atoms with Gasteiger partial charge in [-0.15, -0.1) is 11.3 Å². The highest BCUT2D eigenvalue weighted by molar-refractivity contribution is 7.12. The van der Waals surface area contributed by atoms with Crippen molar-refractivity contribution in [2.75, 3.05) is 37.6 Å². The van der Waals surface area contributed by atoms with Gasteiger partial charge in [-0.05, 0) is 98.8 Å². The summed E-state index contributed by atoms with van der Waals surface area (Å²) in [4.78, 5) is 22.0. The molecule has 4 aliphatic rings. The molecule has 0 N–H and O–H groups in total. The molecule has 2 saturated heterocycles. The van der Waals surface area contributed by atoms with Crippen LogP contribution in [0.4, 0.5) is 11.6 Å². The molecule has 238 valence electrons. The second kappa shape index (κ2) is 12.3. The smallest absolute Gasteiger partial charge is 0.434 e. The summed E-state index contributed by atoms with van der Waals surface area (Å²) in [6.07, 6.45) is 15.6. The first-order valence-electron chi connectivity index (χ1n) is 16.4. The van der Waals surface area contributed by atoms with Gasteiger partial charge in [-0.1, -0.05) is 24.1 Å². The van der Waals surface area contributed by atoms with Crippen molar-refractivity contribution in [3.8, 4) is 0 Å². The van der Waals surface area contributed by atoms with Crippen LogP contribution in [0.15, 0.2) is 70.0 Å². The summed E-state index contributed by atoms with van der Waals surface area (Å²) in [6, 6.07) is 7.11. The van der Waals surface area contributed by atoms with Crippen molar-refractivity contribution >= 4 is 53.4 Å². The van der Waals surface area contributed by atoms with Gasteiger partial charge in [0, 0.05) is 55.2 Å². The van der Waals surface area contributed by atoms with Crippen LogP contribution in [0.5, 0.6) is 0 Å². The average molecular weight is 653 g/mol. The molecule has 3 aliphatic heterocycles. The van der Waals surface area contributed by atoms with Crippen LogP contribution >= 0.6 is 11.3 Å². The van der Waals surface area contributed by atoms with Gasteiger partial charge < -0.3 is 20.1 Å². The number of imidazole rings is 1. The lowest BCUT2D eigenvalue weighted by atomic mass is 9.89. The zero-order valence-electron chi connectivity index (χ0n) is 26.8. The number of nitrogens with zero attached hydrogens (tertiary/aromatic N) is 6. The number of fused-ring (bicyclic) bond motifs is 2. The van der Waals surface area contributed by atoms with Crippen molar-refractivity contribution in [3.05, 3.63) is 96.7 Å². The van der Waals surface area contributed by atoms with E-state index >= 15 is 0 Å². The van der Waals surface area contributed by atoms with E-state index in [0.717, 1.165) is 37.3 Å². The number of nitro groups is 1. The topological polar surface area (TPSA) is 103 Å². The van der Waals surface area contributed by atoms with Gasteiger partial charge in [-0.2, -0.15) is 0 Å². The fourth-order valence-electron chi connectivity index (χ4n) is 7.47. The molecule has 0 saturated carbocycles. The standard InChI is InChI=1S/C35H40N6O3SSi/c1-24-29(23-45-33(24)34(42)36-13-8-19-40-20-14-37-35(40)41(43)44)32-27-11-9-25(38-15-4-5-16-38)21-30(27)46(2,3)31-22-26(10-12-28(31)32)39-17-6-7-18-39/h9-12,14,20-23H,4-8,13,15-19H2,1-3H3. The maximum atomic E-state index is 13.4. The van der Waals surface area contributed by atoms with Gasteiger partial charge in [0.25, 0.3) is 0 Å². The van der Waals surface area contributed by atoms with E-state index in [9.17, 15) is 15.2 Å². The van der Waals surface area contributed by atoms with Crippen LogP contribution in [-0.2, 0) is 6.54 Å². The summed E-state index contributed by atoms with van der Waals surface area (Å²) in [6.45, 7) is 12.2. The summed E-state index contributed by atoms with van der Waals surface area (Å²) >= 11 is 1.46. The van der Waals surface area contributed by atoms with E-state index in [1.54, 1.807) is 6.20 Å². The Morgan fingerprint density at radius 2 is 1.91 bits per heavy atom. The number of hydrogen-bond donors (Lipinski definition) is 0.